The topological polar surface area (TPSA) is 51.8 Å². The number of benzene rings is 1. The van der Waals surface area contributed by atoms with Crippen molar-refractivity contribution in [3.63, 3.8) is 0 Å². The van der Waals surface area contributed by atoms with E-state index in [1.165, 1.54) is 10.9 Å². The number of hydrogen-bond donors (Lipinski definition) is 1. The minimum atomic E-state index is 0.718. The van der Waals surface area contributed by atoms with Crippen LogP contribution >= 0.6 is 0 Å². The summed E-state index contributed by atoms with van der Waals surface area (Å²) >= 11 is 0. The molecule has 1 heterocycles. The van der Waals surface area contributed by atoms with Crippen molar-refractivity contribution < 1.29 is 0 Å². The molecular weight excluding hydrogens is 186 g/mol. The van der Waals surface area contributed by atoms with Crippen LogP contribution in [0.5, 0.6) is 0 Å². The minimum Gasteiger partial charge on any atom is -0.330 e. The second-order valence-electron chi connectivity index (χ2n) is 3.67. The maximum absolute atomic E-state index is 5.53. The van der Waals surface area contributed by atoms with Gasteiger partial charge in [-0.1, -0.05) is 18.2 Å². The molecule has 0 saturated heterocycles. The number of fused-ring (bicyclic) bond motifs is 1. The van der Waals surface area contributed by atoms with Crippen molar-refractivity contribution in [2.75, 3.05) is 6.54 Å². The van der Waals surface area contributed by atoms with Gasteiger partial charge in [0.25, 0.3) is 0 Å². The van der Waals surface area contributed by atoms with Crippen LogP contribution in [0.3, 0.4) is 0 Å². The first-order valence-corrected chi connectivity index (χ1v) is 5.24. The molecule has 0 fully saturated rings. The Morgan fingerprint density at radius 3 is 2.80 bits per heavy atom. The molecule has 0 aliphatic carbocycles. The second kappa shape index (κ2) is 4.36. The van der Waals surface area contributed by atoms with Crippen LogP contribution in [0.2, 0.25) is 0 Å². The maximum Gasteiger partial charge on any atom is 0.0932 e. The van der Waals surface area contributed by atoms with Gasteiger partial charge in [0.15, 0.2) is 0 Å². The number of nitrogens with zero attached hydrogens (tertiary/aromatic N) is 2. The summed E-state index contributed by atoms with van der Waals surface area (Å²) in [4.78, 5) is 0. The van der Waals surface area contributed by atoms with Crippen molar-refractivity contribution in [2.24, 2.45) is 5.73 Å². The highest BCUT2D eigenvalue weighted by Gasteiger charge is 2.05. The highest BCUT2D eigenvalue weighted by Crippen LogP contribution is 2.19. The van der Waals surface area contributed by atoms with E-state index in [2.05, 4.69) is 16.3 Å². The van der Waals surface area contributed by atoms with E-state index in [4.69, 9.17) is 5.73 Å². The zero-order chi connectivity index (χ0) is 10.7. The van der Waals surface area contributed by atoms with Gasteiger partial charge >= 0.3 is 0 Å². The SMILES string of the molecule is Cc1nnc2ccccc2c1CCCN. The Balaban J connectivity index is 2.53. The van der Waals surface area contributed by atoms with Crippen molar-refractivity contribution in [2.45, 2.75) is 19.8 Å². The number of hydrogen-bond acceptors (Lipinski definition) is 3. The molecule has 1 aromatic carbocycles. The lowest BCUT2D eigenvalue weighted by Crippen LogP contribution is -2.03. The predicted octanol–water partition coefficient (Wildman–Crippen LogP) is 1.83. The van der Waals surface area contributed by atoms with Gasteiger partial charge in [-0.15, -0.1) is 0 Å². The summed E-state index contributed by atoms with van der Waals surface area (Å²) < 4.78 is 0. The van der Waals surface area contributed by atoms with E-state index in [0.717, 1.165) is 30.6 Å². The molecule has 0 saturated carbocycles. The van der Waals surface area contributed by atoms with E-state index in [1.807, 2.05) is 25.1 Å². The lowest BCUT2D eigenvalue weighted by atomic mass is 10.0. The zero-order valence-corrected chi connectivity index (χ0v) is 8.90. The third-order valence-electron chi connectivity index (χ3n) is 2.60. The molecule has 0 amide bonds. The normalized spacial score (nSPS) is 10.8. The molecule has 0 atom stereocenters. The fourth-order valence-electron chi connectivity index (χ4n) is 1.79. The largest absolute Gasteiger partial charge is 0.330 e. The lowest BCUT2D eigenvalue weighted by Gasteiger charge is -2.07. The first-order chi connectivity index (χ1) is 7.33. The van der Waals surface area contributed by atoms with Crippen LogP contribution in [0.25, 0.3) is 10.9 Å². The van der Waals surface area contributed by atoms with Crippen LogP contribution in [0.4, 0.5) is 0 Å². The summed E-state index contributed by atoms with van der Waals surface area (Å²) in [6, 6.07) is 8.12. The van der Waals surface area contributed by atoms with Gasteiger partial charge in [-0.05, 0) is 37.9 Å². The van der Waals surface area contributed by atoms with E-state index in [-0.39, 0.29) is 0 Å². The smallest absolute Gasteiger partial charge is 0.0932 e. The number of aromatic nitrogens is 2. The summed E-state index contributed by atoms with van der Waals surface area (Å²) in [5.41, 5.74) is 8.80. The molecule has 78 valence electrons. The monoisotopic (exact) mass is 201 g/mol. The molecule has 2 aromatic rings. The summed E-state index contributed by atoms with van der Waals surface area (Å²) in [6.45, 7) is 2.72. The average molecular weight is 201 g/mol. The highest BCUT2D eigenvalue weighted by atomic mass is 15.1. The van der Waals surface area contributed by atoms with Crippen LogP contribution in [-0.4, -0.2) is 16.7 Å². The molecule has 0 aliphatic rings. The quantitative estimate of drug-likeness (QED) is 0.824. The van der Waals surface area contributed by atoms with Crippen molar-refractivity contribution in [3.8, 4) is 0 Å². The lowest BCUT2D eigenvalue weighted by molar-refractivity contribution is 0.820. The van der Waals surface area contributed by atoms with Gasteiger partial charge in [-0.3, -0.25) is 0 Å². The zero-order valence-electron chi connectivity index (χ0n) is 8.90. The Hall–Kier alpha value is -1.48. The van der Waals surface area contributed by atoms with E-state index in [9.17, 15) is 0 Å². The molecular formula is C12H15N3. The fraction of sp³-hybridized carbons (Fsp3) is 0.333. The number of nitrogens with two attached hydrogens (primary N) is 1. The van der Waals surface area contributed by atoms with E-state index in [1.54, 1.807) is 0 Å². The Labute approximate surface area is 89.3 Å². The molecule has 1 aromatic heterocycles. The molecule has 0 unspecified atom stereocenters. The Morgan fingerprint density at radius 1 is 1.20 bits per heavy atom. The van der Waals surface area contributed by atoms with Gasteiger partial charge in [0, 0.05) is 5.39 Å². The maximum atomic E-state index is 5.53. The molecule has 0 bridgehead atoms. The van der Waals surface area contributed by atoms with E-state index < -0.39 is 0 Å². The first kappa shape index (κ1) is 10.1. The van der Waals surface area contributed by atoms with Gasteiger partial charge in [0.05, 0.1) is 11.2 Å². The second-order valence-corrected chi connectivity index (χ2v) is 3.67. The molecule has 2 N–H and O–H groups in total. The van der Waals surface area contributed by atoms with Crippen LogP contribution in [0, 0.1) is 6.92 Å². The van der Waals surface area contributed by atoms with E-state index >= 15 is 0 Å². The van der Waals surface area contributed by atoms with Gasteiger partial charge in [-0.25, -0.2) is 0 Å². The van der Waals surface area contributed by atoms with E-state index in [0.29, 0.717) is 0 Å². The van der Waals surface area contributed by atoms with Gasteiger partial charge < -0.3 is 5.73 Å². The summed E-state index contributed by atoms with van der Waals surface area (Å²) in [5, 5.41) is 9.54. The van der Waals surface area contributed by atoms with Crippen molar-refractivity contribution in [1.82, 2.24) is 10.2 Å². The molecule has 2 rings (SSSR count). The first-order valence-electron chi connectivity index (χ1n) is 5.24. The Bertz CT molecular complexity index is 465. The molecule has 15 heavy (non-hydrogen) atoms. The molecule has 3 nitrogen and oxygen atoms in total. The van der Waals surface area contributed by atoms with Gasteiger partial charge in [0.2, 0.25) is 0 Å². The Morgan fingerprint density at radius 2 is 2.00 bits per heavy atom. The average Bonchev–Trinajstić information content (AvgIpc) is 2.28. The molecule has 3 heteroatoms. The molecule has 0 spiro atoms. The standard InChI is InChI=1S/C12H15N3/c1-9-10(6-4-8-13)11-5-2-3-7-12(11)15-14-9/h2-3,5,7H,4,6,8,13H2,1H3. The Kier molecular flexibility index (Phi) is 2.92. The fourth-order valence-corrected chi connectivity index (χ4v) is 1.79. The van der Waals surface area contributed by atoms with Gasteiger partial charge in [0.1, 0.15) is 0 Å². The predicted molar refractivity (Wildman–Crippen MR) is 61.7 cm³/mol. The number of aryl methyl sites for hydroxylation is 2. The molecule has 0 aliphatic heterocycles. The van der Waals surface area contributed by atoms with Crippen LogP contribution in [-0.2, 0) is 6.42 Å². The number of rotatable bonds is 3. The van der Waals surface area contributed by atoms with Crippen molar-refractivity contribution in [3.05, 3.63) is 35.5 Å². The summed E-state index contributed by atoms with van der Waals surface area (Å²) in [5.74, 6) is 0. The van der Waals surface area contributed by atoms with Crippen LogP contribution in [0.1, 0.15) is 17.7 Å². The molecule has 0 radical (unpaired) electrons. The van der Waals surface area contributed by atoms with Crippen LogP contribution < -0.4 is 5.73 Å². The highest BCUT2D eigenvalue weighted by molar-refractivity contribution is 5.82. The van der Waals surface area contributed by atoms with Crippen molar-refractivity contribution >= 4 is 10.9 Å². The third-order valence-corrected chi connectivity index (χ3v) is 2.60. The van der Waals surface area contributed by atoms with Gasteiger partial charge in [-0.2, -0.15) is 10.2 Å². The van der Waals surface area contributed by atoms with Crippen molar-refractivity contribution in [1.29, 1.82) is 0 Å². The minimum absolute atomic E-state index is 0.718. The third kappa shape index (κ3) is 1.97. The summed E-state index contributed by atoms with van der Waals surface area (Å²) in [6.07, 6.45) is 1.98. The summed E-state index contributed by atoms with van der Waals surface area (Å²) in [7, 11) is 0. The van der Waals surface area contributed by atoms with Crippen LogP contribution in [0.15, 0.2) is 24.3 Å².